The molecule has 1 aromatic rings. The molecule has 0 fully saturated rings. The van der Waals surface area contributed by atoms with Gasteiger partial charge >= 0.3 is 6.18 Å². The van der Waals surface area contributed by atoms with Gasteiger partial charge in [-0.05, 0) is 49.9 Å². The Morgan fingerprint density at radius 3 is 2.41 bits per heavy atom. The molecular weight excluding hydrogens is 227 g/mol. The molecule has 1 rings (SSSR count). The first-order chi connectivity index (χ1) is 7.88. The van der Waals surface area contributed by atoms with Crippen LogP contribution in [-0.2, 0) is 0 Å². The van der Waals surface area contributed by atoms with Crippen molar-refractivity contribution >= 4 is 0 Å². The Morgan fingerprint density at radius 2 is 1.88 bits per heavy atom. The molecule has 0 aromatic heterocycles. The summed E-state index contributed by atoms with van der Waals surface area (Å²) in [6.07, 6.45) is -3.75. The molecule has 1 atom stereocenters. The molecule has 1 nitrogen and oxygen atoms in total. The minimum Gasteiger partial charge on any atom is -0.330 e. The summed E-state index contributed by atoms with van der Waals surface area (Å²) >= 11 is 0. The average molecular weight is 245 g/mol. The van der Waals surface area contributed by atoms with E-state index in [0.29, 0.717) is 12.0 Å². The maximum Gasteiger partial charge on any atom is 0.395 e. The van der Waals surface area contributed by atoms with Gasteiger partial charge < -0.3 is 5.73 Å². The van der Waals surface area contributed by atoms with Crippen molar-refractivity contribution in [3.05, 3.63) is 34.9 Å². The third-order valence-corrected chi connectivity index (χ3v) is 3.11. The van der Waals surface area contributed by atoms with Crippen molar-refractivity contribution in [3.8, 4) is 0 Å². The number of nitrogens with two attached hydrogens (primary N) is 1. The minimum atomic E-state index is -4.20. The maximum atomic E-state index is 13.0. The highest BCUT2D eigenvalue weighted by molar-refractivity contribution is 5.36. The number of alkyl halides is 3. The maximum absolute atomic E-state index is 13.0. The second-order valence-corrected chi connectivity index (χ2v) is 4.31. The summed E-state index contributed by atoms with van der Waals surface area (Å²) < 4.78 is 39.0. The van der Waals surface area contributed by atoms with Crippen LogP contribution in [0, 0.1) is 13.8 Å². The minimum absolute atomic E-state index is 0.0598. The summed E-state index contributed by atoms with van der Waals surface area (Å²) in [6.45, 7) is 3.86. The molecule has 0 radical (unpaired) electrons. The van der Waals surface area contributed by atoms with Crippen LogP contribution in [0.3, 0.4) is 0 Å². The zero-order chi connectivity index (χ0) is 13.1. The quantitative estimate of drug-likeness (QED) is 0.860. The van der Waals surface area contributed by atoms with Crippen LogP contribution >= 0.6 is 0 Å². The molecule has 0 heterocycles. The van der Waals surface area contributed by atoms with Gasteiger partial charge in [0.2, 0.25) is 0 Å². The van der Waals surface area contributed by atoms with Crippen LogP contribution in [-0.4, -0.2) is 12.7 Å². The lowest BCUT2D eigenvalue weighted by atomic mass is 9.88. The molecule has 1 unspecified atom stereocenters. The first-order valence-corrected chi connectivity index (χ1v) is 5.70. The Labute approximate surface area is 99.8 Å². The van der Waals surface area contributed by atoms with E-state index >= 15 is 0 Å². The van der Waals surface area contributed by atoms with Crippen molar-refractivity contribution in [2.24, 2.45) is 5.73 Å². The van der Waals surface area contributed by atoms with Gasteiger partial charge in [0, 0.05) is 0 Å². The van der Waals surface area contributed by atoms with Gasteiger partial charge in [-0.25, -0.2) is 0 Å². The number of hydrogen-bond acceptors (Lipinski definition) is 1. The Balaban J connectivity index is 3.09. The van der Waals surface area contributed by atoms with Crippen LogP contribution in [0.25, 0.3) is 0 Å². The second kappa shape index (κ2) is 5.54. The highest BCUT2D eigenvalue weighted by atomic mass is 19.4. The molecule has 0 spiro atoms. The van der Waals surface area contributed by atoms with Crippen LogP contribution in [0.4, 0.5) is 13.2 Å². The zero-order valence-corrected chi connectivity index (χ0v) is 10.1. The van der Waals surface area contributed by atoms with Crippen LogP contribution in [0.15, 0.2) is 18.2 Å². The topological polar surface area (TPSA) is 26.0 Å². The van der Waals surface area contributed by atoms with Gasteiger partial charge in [0.15, 0.2) is 0 Å². The first-order valence-electron chi connectivity index (χ1n) is 5.70. The van der Waals surface area contributed by atoms with E-state index in [4.69, 9.17) is 5.73 Å². The van der Waals surface area contributed by atoms with Gasteiger partial charge in [-0.1, -0.05) is 18.2 Å². The third kappa shape index (κ3) is 3.46. The van der Waals surface area contributed by atoms with E-state index in [9.17, 15) is 13.2 Å². The van der Waals surface area contributed by atoms with Crippen LogP contribution < -0.4 is 5.73 Å². The van der Waals surface area contributed by atoms with Crippen LogP contribution in [0.5, 0.6) is 0 Å². The van der Waals surface area contributed by atoms with E-state index in [1.54, 1.807) is 19.1 Å². The lowest BCUT2D eigenvalue weighted by molar-refractivity contribution is -0.152. The van der Waals surface area contributed by atoms with E-state index in [1.807, 2.05) is 13.0 Å². The lowest BCUT2D eigenvalue weighted by Gasteiger charge is -2.23. The molecule has 0 amide bonds. The Bertz CT molecular complexity index is 371. The summed E-state index contributed by atoms with van der Waals surface area (Å²) in [6, 6.07) is 5.07. The fraction of sp³-hybridized carbons (Fsp3) is 0.538. The fourth-order valence-corrected chi connectivity index (χ4v) is 1.97. The van der Waals surface area contributed by atoms with Gasteiger partial charge in [0.25, 0.3) is 0 Å². The Hall–Kier alpha value is -1.03. The first kappa shape index (κ1) is 14.0. The average Bonchev–Trinajstić information content (AvgIpc) is 2.22. The van der Waals surface area contributed by atoms with E-state index in [1.165, 1.54) is 0 Å². The van der Waals surface area contributed by atoms with Gasteiger partial charge in [0.05, 0.1) is 5.92 Å². The molecule has 0 saturated carbocycles. The van der Waals surface area contributed by atoms with E-state index in [0.717, 1.165) is 11.1 Å². The van der Waals surface area contributed by atoms with Crippen molar-refractivity contribution in [1.29, 1.82) is 0 Å². The SMILES string of the molecule is Cc1cccc(C(CCCN)C(F)(F)F)c1C. The molecule has 96 valence electrons. The summed E-state index contributed by atoms with van der Waals surface area (Å²) in [5, 5.41) is 0. The molecule has 4 heteroatoms. The molecule has 2 N–H and O–H groups in total. The molecule has 0 aliphatic rings. The van der Waals surface area contributed by atoms with Crippen molar-refractivity contribution in [1.82, 2.24) is 0 Å². The summed E-state index contributed by atoms with van der Waals surface area (Å²) in [4.78, 5) is 0. The highest BCUT2D eigenvalue weighted by Crippen LogP contribution is 2.39. The lowest BCUT2D eigenvalue weighted by Crippen LogP contribution is -2.22. The molecule has 0 aliphatic carbocycles. The predicted molar refractivity (Wildman–Crippen MR) is 63.0 cm³/mol. The van der Waals surface area contributed by atoms with Gasteiger partial charge in [-0.3, -0.25) is 0 Å². The van der Waals surface area contributed by atoms with Crippen molar-refractivity contribution in [3.63, 3.8) is 0 Å². The Morgan fingerprint density at radius 1 is 1.24 bits per heavy atom. The Kier molecular flexibility index (Phi) is 4.57. The third-order valence-electron chi connectivity index (χ3n) is 3.11. The number of aryl methyl sites for hydroxylation is 1. The molecular formula is C13H18F3N. The summed E-state index contributed by atoms with van der Waals surface area (Å²) in [5.41, 5.74) is 7.30. The van der Waals surface area contributed by atoms with Gasteiger partial charge in [-0.15, -0.1) is 0 Å². The number of halogens is 3. The molecule has 17 heavy (non-hydrogen) atoms. The number of hydrogen-bond donors (Lipinski definition) is 1. The molecule has 0 saturated heterocycles. The second-order valence-electron chi connectivity index (χ2n) is 4.31. The monoisotopic (exact) mass is 245 g/mol. The number of benzene rings is 1. The zero-order valence-electron chi connectivity index (χ0n) is 10.1. The largest absolute Gasteiger partial charge is 0.395 e. The van der Waals surface area contributed by atoms with Gasteiger partial charge in [0.1, 0.15) is 0 Å². The summed E-state index contributed by atoms with van der Waals surface area (Å²) in [7, 11) is 0. The smallest absolute Gasteiger partial charge is 0.330 e. The predicted octanol–water partition coefficient (Wildman–Crippen LogP) is 3.69. The molecule has 1 aromatic carbocycles. The van der Waals surface area contributed by atoms with Crippen molar-refractivity contribution in [2.75, 3.05) is 6.54 Å². The molecule has 0 aliphatic heterocycles. The van der Waals surface area contributed by atoms with Crippen molar-refractivity contribution < 1.29 is 13.2 Å². The highest BCUT2D eigenvalue weighted by Gasteiger charge is 2.40. The van der Waals surface area contributed by atoms with Crippen LogP contribution in [0.2, 0.25) is 0 Å². The summed E-state index contributed by atoms with van der Waals surface area (Å²) in [5.74, 6) is -1.40. The standard InChI is InChI=1S/C13H18F3N/c1-9-5-3-6-11(10(9)2)12(7-4-8-17)13(14,15)16/h3,5-6,12H,4,7-8,17H2,1-2H3. The molecule has 0 bridgehead atoms. The van der Waals surface area contributed by atoms with E-state index < -0.39 is 12.1 Å². The van der Waals surface area contributed by atoms with E-state index in [-0.39, 0.29) is 13.0 Å². The normalized spacial score (nSPS) is 13.8. The van der Waals surface area contributed by atoms with E-state index in [2.05, 4.69) is 0 Å². The van der Waals surface area contributed by atoms with Crippen molar-refractivity contribution in [2.45, 2.75) is 38.8 Å². The van der Waals surface area contributed by atoms with Gasteiger partial charge in [-0.2, -0.15) is 13.2 Å². The fourth-order valence-electron chi connectivity index (χ4n) is 1.97. The number of rotatable bonds is 4. The van der Waals surface area contributed by atoms with Crippen LogP contribution in [0.1, 0.15) is 35.4 Å².